The number of halogens is 1. The minimum Gasteiger partial charge on any atom is -0.445 e. The van der Waals surface area contributed by atoms with E-state index in [4.69, 9.17) is 4.42 Å². The smallest absolute Gasteiger partial charge is 0.257 e. The maximum atomic E-state index is 14.7. The molecule has 5 rings (SSSR count). The minimum atomic E-state index is -0.569. The molecule has 0 radical (unpaired) electrons. The third-order valence-corrected chi connectivity index (χ3v) is 5.96. The van der Waals surface area contributed by atoms with Gasteiger partial charge in [0.05, 0.1) is 23.4 Å². The number of aryl methyl sites for hydroxylation is 2. The molecule has 0 spiro atoms. The molecular formula is C22H22FN5O2. The zero-order valence-corrected chi connectivity index (χ0v) is 16.9. The summed E-state index contributed by atoms with van der Waals surface area (Å²) in [5.41, 5.74) is 2.22. The van der Waals surface area contributed by atoms with Gasteiger partial charge in [-0.3, -0.25) is 4.79 Å². The van der Waals surface area contributed by atoms with Gasteiger partial charge in [-0.2, -0.15) is 0 Å². The van der Waals surface area contributed by atoms with Crippen LogP contribution >= 0.6 is 0 Å². The SMILES string of the molecule is Cc1cc(C)nc(N2C[C@@H]3CCN(C(=O)c4c(F)cccc4-c4ncco4)C[C@@H]32)n1. The van der Waals surface area contributed by atoms with Crippen LogP contribution in [0.2, 0.25) is 0 Å². The van der Waals surface area contributed by atoms with Crippen LogP contribution in [0.3, 0.4) is 0 Å². The van der Waals surface area contributed by atoms with Crippen molar-refractivity contribution in [3.63, 3.8) is 0 Å². The Morgan fingerprint density at radius 1 is 1.20 bits per heavy atom. The first-order valence-corrected chi connectivity index (χ1v) is 10.1. The summed E-state index contributed by atoms with van der Waals surface area (Å²) in [5.74, 6) is 0.523. The molecule has 2 fully saturated rings. The lowest BCUT2D eigenvalue weighted by molar-refractivity contribution is 0.0585. The van der Waals surface area contributed by atoms with E-state index < -0.39 is 5.82 Å². The van der Waals surface area contributed by atoms with Crippen molar-refractivity contribution in [1.29, 1.82) is 0 Å². The molecule has 0 N–H and O–H groups in total. The average Bonchev–Trinajstić information content (AvgIpc) is 3.22. The van der Waals surface area contributed by atoms with Gasteiger partial charge in [-0.1, -0.05) is 6.07 Å². The summed E-state index contributed by atoms with van der Waals surface area (Å²) in [6, 6.07) is 6.60. The number of nitrogens with zero attached hydrogens (tertiary/aromatic N) is 5. The number of fused-ring (bicyclic) bond motifs is 1. The molecule has 0 unspecified atom stereocenters. The second kappa shape index (κ2) is 7.19. The van der Waals surface area contributed by atoms with Crippen LogP contribution in [0, 0.1) is 25.6 Å². The zero-order chi connectivity index (χ0) is 20.8. The summed E-state index contributed by atoms with van der Waals surface area (Å²) in [4.78, 5) is 30.4. The molecule has 8 heteroatoms. The van der Waals surface area contributed by atoms with Gasteiger partial charge >= 0.3 is 0 Å². The predicted octanol–water partition coefficient (Wildman–Crippen LogP) is 3.24. The highest BCUT2D eigenvalue weighted by atomic mass is 19.1. The molecule has 2 saturated heterocycles. The molecule has 4 heterocycles. The highest BCUT2D eigenvalue weighted by molar-refractivity contribution is 6.00. The lowest BCUT2D eigenvalue weighted by Crippen LogP contribution is -2.65. The number of hydrogen-bond donors (Lipinski definition) is 0. The minimum absolute atomic E-state index is 0.00641. The number of carbonyl (C=O) groups is 1. The first-order chi connectivity index (χ1) is 14.5. The van der Waals surface area contributed by atoms with Gasteiger partial charge in [-0.15, -0.1) is 0 Å². The summed E-state index contributed by atoms with van der Waals surface area (Å²) >= 11 is 0. The third kappa shape index (κ3) is 3.12. The number of carbonyl (C=O) groups excluding carboxylic acids is 1. The van der Waals surface area contributed by atoms with Crippen LogP contribution in [0.4, 0.5) is 10.3 Å². The summed E-state index contributed by atoms with van der Waals surface area (Å²) in [7, 11) is 0. The second-order valence-electron chi connectivity index (χ2n) is 7.97. The third-order valence-electron chi connectivity index (χ3n) is 5.96. The van der Waals surface area contributed by atoms with Crippen LogP contribution in [-0.4, -0.2) is 51.4 Å². The topological polar surface area (TPSA) is 75.4 Å². The molecule has 0 bridgehead atoms. The average molecular weight is 407 g/mol. The van der Waals surface area contributed by atoms with E-state index in [0.717, 1.165) is 24.4 Å². The van der Waals surface area contributed by atoms with Crippen molar-refractivity contribution in [2.45, 2.75) is 26.3 Å². The maximum absolute atomic E-state index is 14.7. The van der Waals surface area contributed by atoms with Crippen molar-refractivity contribution in [1.82, 2.24) is 19.9 Å². The van der Waals surface area contributed by atoms with Crippen molar-refractivity contribution in [2.24, 2.45) is 5.92 Å². The molecule has 154 valence electrons. The number of anilines is 1. The van der Waals surface area contributed by atoms with Crippen LogP contribution in [0.5, 0.6) is 0 Å². The molecule has 0 saturated carbocycles. The fraction of sp³-hybridized carbons (Fsp3) is 0.364. The lowest BCUT2D eigenvalue weighted by Gasteiger charge is -2.53. The van der Waals surface area contributed by atoms with Crippen LogP contribution < -0.4 is 4.90 Å². The molecule has 2 atom stereocenters. The standard InChI is InChI=1S/C22H22FN5O2/c1-13-10-14(2)26-22(25-13)28-11-15-6-8-27(12-18(15)28)21(29)19-16(4-3-5-17(19)23)20-24-7-9-30-20/h3-5,7,9-10,15,18H,6,8,11-12H2,1-2H3/t15-,18-/m0/s1. The summed E-state index contributed by atoms with van der Waals surface area (Å²) < 4.78 is 20.0. The van der Waals surface area contributed by atoms with Gasteiger partial charge in [-0.25, -0.2) is 19.3 Å². The van der Waals surface area contributed by atoms with Gasteiger partial charge in [0.25, 0.3) is 5.91 Å². The number of rotatable bonds is 3. The van der Waals surface area contributed by atoms with Crippen LogP contribution in [0.1, 0.15) is 28.2 Å². The summed E-state index contributed by atoms with van der Waals surface area (Å²) in [6.45, 7) is 5.90. The normalized spacial score (nSPS) is 20.6. The van der Waals surface area contributed by atoms with E-state index in [0.29, 0.717) is 30.5 Å². The number of piperidine rings is 1. The zero-order valence-electron chi connectivity index (χ0n) is 16.9. The molecule has 1 aromatic carbocycles. The summed E-state index contributed by atoms with van der Waals surface area (Å²) in [5, 5.41) is 0. The number of likely N-dealkylation sites (tertiary alicyclic amines) is 1. The Morgan fingerprint density at radius 3 is 2.73 bits per heavy atom. The van der Waals surface area contributed by atoms with Crippen molar-refractivity contribution < 1.29 is 13.6 Å². The molecule has 2 aromatic heterocycles. The molecule has 2 aliphatic heterocycles. The van der Waals surface area contributed by atoms with Gasteiger partial charge in [0, 0.05) is 36.9 Å². The molecule has 7 nitrogen and oxygen atoms in total. The second-order valence-corrected chi connectivity index (χ2v) is 7.97. The Hall–Kier alpha value is -3.29. The molecule has 30 heavy (non-hydrogen) atoms. The van der Waals surface area contributed by atoms with Gasteiger partial charge < -0.3 is 14.2 Å². The number of amides is 1. The van der Waals surface area contributed by atoms with E-state index in [2.05, 4.69) is 19.9 Å². The highest BCUT2D eigenvalue weighted by Crippen LogP contribution is 2.36. The van der Waals surface area contributed by atoms with Crippen molar-refractivity contribution >= 4 is 11.9 Å². The lowest BCUT2D eigenvalue weighted by atomic mass is 9.82. The Balaban J connectivity index is 1.41. The van der Waals surface area contributed by atoms with Crippen LogP contribution in [0.25, 0.3) is 11.5 Å². The Bertz CT molecular complexity index is 1080. The van der Waals surface area contributed by atoms with E-state index in [1.54, 1.807) is 17.0 Å². The maximum Gasteiger partial charge on any atom is 0.257 e. The Morgan fingerprint density at radius 2 is 2.00 bits per heavy atom. The van der Waals surface area contributed by atoms with Gasteiger partial charge in [0.15, 0.2) is 0 Å². The first kappa shape index (κ1) is 18.7. The van der Waals surface area contributed by atoms with E-state index in [9.17, 15) is 9.18 Å². The molecule has 2 aliphatic rings. The number of hydrogen-bond acceptors (Lipinski definition) is 6. The molecule has 1 amide bonds. The fourth-order valence-electron chi connectivity index (χ4n) is 4.48. The quantitative estimate of drug-likeness (QED) is 0.664. The summed E-state index contributed by atoms with van der Waals surface area (Å²) in [6.07, 6.45) is 3.77. The number of oxazole rings is 1. The first-order valence-electron chi connectivity index (χ1n) is 10.1. The molecule has 0 aliphatic carbocycles. The Labute approximate surface area is 173 Å². The Kier molecular flexibility index (Phi) is 4.49. The van der Waals surface area contributed by atoms with E-state index in [1.807, 2.05) is 19.9 Å². The van der Waals surface area contributed by atoms with Crippen LogP contribution in [-0.2, 0) is 0 Å². The van der Waals surface area contributed by atoms with E-state index >= 15 is 0 Å². The molecule has 3 aromatic rings. The van der Waals surface area contributed by atoms with Crippen molar-refractivity contribution in [2.75, 3.05) is 24.5 Å². The fourth-order valence-corrected chi connectivity index (χ4v) is 4.48. The number of aromatic nitrogens is 3. The van der Waals surface area contributed by atoms with Crippen LogP contribution in [0.15, 0.2) is 41.1 Å². The number of benzene rings is 1. The van der Waals surface area contributed by atoms with Gasteiger partial charge in [0.2, 0.25) is 11.8 Å². The van der Waals surface area contributed by atoms with E-state index in [1.165, 1.54) is 18.5 Å². The largest absolute Gasteiger partial charge is 0.445 e. The van der Waals surface area contributed by atoms with Gasteiger partial charge in [0.1, 0.15) is 12.1 Å². The molecular weight excluding hydrogens is 385 g/mol. The van der Waals surface area contributed by atoms with Crippen molar-refractivity contribution in [3.05, 3.63) is 59.5 Å². The van der Waals surface area contributed by atoms with E-state index in [-0.39, 0.29) is 23.4 Å². The van der Waals surface area contributed by atoms with Crippen molar-refractivity contribution in [3.8, 4) is 11.5 Å². The van der Waals surface area contributed by atoms with Gasteiger partial charge in [-0.05, 0) is 38.5 Å². The predicted molar refractivity (Wildman–Crippen MR) is 109 cm³/mol. The monoisotopic (exact) mass is 407 g/mol. The highest BCUT2D eigenvalue weighted by Gasteiger charge is 2.45.